The second kappa shape index (κ2) is 18.0. The molecule has 308 valence electrons. The van der Waals surface area contributed by atoms with Gasteiger partial charge in [-0.2, -0.15) is 0 Å². The number of aliphatic hydroxyl groups is 11. The summed E-state index contributed by atoms with van der Waals surface area (Å²) in [6.07, 6.45) is -31.9. The van der Waals surface area contributed by atoms with Gasteiger partial charge in [-0.15, -0.1) is 0 Å². The van der Waals surface area contributed by atoms with Gasteiger partial charge in [-0.25, -0.2) is 4.79 Å². The van der Waals surface area contributed by atoms with E-state index in [0.717, 1.165) is 6.92 Å². The monoisotopic (exact) mass is 776 g/mol. The zero-order chi connectivity index (χ0) is 39.7. The van der Waals surface area contributed by atoms with Crippen LogP contribution in [0, 0.1) is 0 Å². The summed E-state index contributed by atoms with van der Waals surface area (Å²) in [7, 11) is 0. The topological polar surface area (TPSA) is 380 Å². The van der Waals surface area contributed by atoms with Crippen molar-refractivity contribution in [1.82, 2.24) is 5.32 Å². The molecule has 0 aromatic heterocycles. The number of aliphatic hydroxyl groups excluding tert-OH is 11. The standard InChI is InChI=1S/C30H52N2O21/c1-8-16(32-10(3)36)25(23(14(7-35)47-8)50-27-21(43)20(42)17(39)9(2)48-27)51-28-22(44)26(19(41)13(6-34)49-28)53-30(29(45)46)4-11(37)15(31)24(52-30)18(40)12(38)5-33/h8-9,11-28,33-35,37-44H,4-7,31H2,1-3H3,(H,32,36)(H,45,46)/t8?,9?,11?,12-,13?,14?,15?,16?,17?,18-,19?,20?,21?,22?,23?,24?,25?,26?,27?,28?,30?/m0/s1. The van der Waals surface area contributed by atoms with Crippen LogP contribution in [0.1, 0.15) is 27.2 Å². The molecule has 53 heavy (non-hydrogen) atoms. The minimum atomic E-state index is -3.00. The summed E-state index contributed by atoms with van der Waals surface area (Å²) in [6, 6.07) is -2.72. The van der Waals surface area contributed by atoms with Gasteiger partial charge in [0, 0.05) is 13.3 Å². The Morgan fingerprint density at radius 2 is 1.42 bits per heavy atom. The summed E-state index contributed by atoms with van der Waals surface area (Å²) >= 11 is 0. The molecule has 4 heterocycles. The van der Waals surface area contributed by atoms with Crippen molar-refractivity contribution in [3.63, 3.8) is 0 Å². The Bertz CT molecular complexity index is 1220. The van der Waals surface area contributed by atoms with Crippen LogP contribution >= 0.6 is 0 Å². The van der Waals surface area contributed by atoms with Crippen molar-refractivity contribution in [2.75, 3.05) is 19.8 Å². The average Bonchev–Trinajstić information content (AvgIpc) is 3.11. The molecule has 0 saturated carbocycles. The van der Waals surface area contributed by atoms with E-state index in [1.54, 1.807) is 0 Å². The Kier molecular flexibility index (Phi) is 14.9. The van der Waals surface area contributed by atoms with E-state index in [9.17, 15) is 70.9 Å². The number of nitrogens with two attached hydrogens (primary N) is 1. The van der Waals surface area contributed by atoms with Crippen LogP contribution in [0.15, 0.2) is 0 Å². The Morgan fingerprint density at radius 3 is 1.98 bits per heavy atom. The minimum absolute atomic E-state index is 0.617. The molecule has 4 fully saturated rings. The quantitative estimate of drug-likeness (QED) is 0.0825. The predicted molar refractivity (Wildman–Crippen MR) is 167 cm³/mol. The van der Waals surface area contributed by atoms with Gasteiger partial charge >= 0.3 is 5.97 Å². The van der Waals surface area contributed by atoms with E-state index in [1.165, 1.54) is 13.8 Å². The molecule has 4 aliphatic rings. The van der Waals surface area contributed by atoms with Crippen molar-refractivity contribution in [2.24, 2.45) is 5.73 Å². The summed E-state index contributed by atoms with van der Waals surface area (Å²) < 4.78 is 40.4. The van der Waals surface area contributed by atoms with Crippen LogP contribution in [0.3, 0.4) is 0 Å². The first-order valence-electron chi connectivity index (χ1n) is 17.0. The van der Waals surface area contributed by atoms with Gasteiger partial charge in [0.1, 0.15) is 79.4 Å². The minimum Gasteiger partial charge on any atom is -0.477 e. The van der Waals surface area contributed by atoms with Crippen molar-refractivity contribution in [2.45, 2.75) is 155 Å². The number of aliphatic carboxylic acids is 1. The highest BCUT2D eigenvalue weighted by molar-refractivity contribution is 5.76. The molecule has 4 rings (SSSR count). The van der Waals surface area contributed by atoms with Gasteiger partial charge in [0.15, 0.2) is 12.6 Å². The Balaban J connectivity index is 1.70. The molecule has 0 bridgehead atoms. The fourth-order valence-electron chi connectivity index (χ4n) is 6.85. The molecule has 21 atom stereocenters. The number of hydrogen-bond donors (Lipinski definition) is 14. The summed E-state index contributed by atoms with van der Waals surface area (Å²) in [5.74, 6) is -5.56. The normalized spacial score (nSPS) is 47.8. The molecule has 0 aromatic rings. The van der Waals surface area contributed by atoms with Crippen LogP contribution in [-0.4, -0.2) is 221 Å². The second-order valence-electron chi connectivity index (χ2n) is 13.7. The van der Waals surface area contributed by atoms with Crippen molar-refractivity contribution in [1.29, 1.82) is 0 Å². The summed E-state index contributed by atoms with van der Waals surface area (Å²) in [6.45, 7) is 1.26. The van der Waals surface area contributed by atoms with Crippen LogP contribution in [0.5, 0.6) is 0 Å². The van der Waals surface area contributed by atoms with Gasteiger partial charge in [-0.1, -0.05) is 0 Å². The lowest BCUT2D eigenvalue weighted by molar-refractivity contribution is -0.384. The Labute approximate surface area is 302 Å². The van der Waals surface area contributed by atoms with Crippen molar-refractivity contribution in [3.05, 3.63) is 0 Å². The van der Waals surface area contributed by atoms with Gasteiger partial charge in [0.05, 0.1) is 50.2 Å². The second-order valence-corrected chi connectivity index (χ2v) is 13.7. The van der Waals surface area contributed by atoms with Crippen LogP contribution in [0.2, 0.25) is 0 Å². The molecular formula is C30H52N2O21. The largest absolute Gasteiger partial charge is 0.477 e. The van der Waals surface area contributed by atoms with Gasteiger partial charge < -0.3 is 105 Å². The molecule has 0 aromatic carbocycles. The number of nitrogens with one attached hydrogen (secondary N) is 1. The third-order valence-corrected chi connectivity index (χ3v) is 9.90. The molecule has 0 aliphatic carbocycles. The highest BCUT2D eigenvalue weighted by Gasteiger charge is 2.60. The maximum atomic E-state index is 12.7. The van der Waals surface area contributed by atoms with Crippen molar-refractivity contribution in [3.8, 4) is 0 Å². The van der Waals surface area contributed by atoms with E-state index >= 15 is 0 Å². The molecule has 0 spiro atoms. The summed E-state index contributed by atoms with van der Waals surface area (Å²) in [4.78, 5) is 25.0. The zero-order valence-electron chi connectivity index (χ0n) is 29.0. The maximum absolute atomic E-state index is 12.7. The number of amides is 1. The van der Waals surface area contributed by atoms with Crippen LogP contribution in [0.4, 0.5) is 0 Å². The lowest BCUT2D eigenvalue weighted by Crippen LogP contribution is -2.71. The van der Waals surface area contributed by atoms with Crippen LogP contribution in [0.25, 0.3) is 0 Å². The number of carbonyl (C=O) groups is 2. The summed E-state index contributed by atoms with van der Waals surface area (Å²) in [5.41, 5.74) is 5.92. The van der Waals surface area contributed by atoms with Crippen LogP contribution in [-0.2, 0) is 42.7 Å². The first-order valence-corrected chi connectivity index (χ1v) is 17.0. The Morgan fingerprint density at radius 1 is 0.811 bits per heavy atom. The molecule has 23 heteroatoms. The van der Waals surface area contributed by atoms with Gasteiger partial charge in [0.2, 0.25) is 5.91 Å². The smallest absolute Gasteiger partial charge is 0.364 e. The molecule has 19 unspecified atom stereocenters. The molecular weight excluding hydrogens is 724 g/mol. The number of hydrogen-bond acceptors (Lipinski definition) is 21. The van der Waals surface area contributed by atoms with Gasteiger partial charge in [-0.3, -0.25) is 4.79 Å². The van der Waals surface area contributed by atoms with E-state index in [4.69, 9.17) is 38.9 Å². The fraction of sp³-hybridized carbons (Fsp3) is 0.933. The summed E-state index contributed by atoms with van der Waals surface area (Å²) in [5, 5.41) is 128. The predicted octanol–water partition coefficient (Wildman–Crippen LogP) is -8.34. The molecule has 0 radical (unpaired) electrons. The molecule has 15 N–H and O–H groups in total. The zero-order valence-corrected chi connectivity index (χ0v) is 29.0. The SMILES string of the molecule is CC(=O)NC1C(C)OC(CO)C(OC2OC(C)C(O)C(O)C2O)C1OC1OC(CO)C(O)C(OC2(C(=O)O)CC(O)C(N)C([C@@H](O)[C@@H](O)CO)O2)C1O. The molecule has 1 amide bonds. The van der Waals surface area contributed by atoms with E-state index in [-0.39, 0.29) is 0 Å². The maximum Gasteiger partial charge on any atom is 0.364 e. The van der Waals surface area contributed by atoms with E-state index in [1.807, 2.05) is 0 Å². The molecule has 4 aliphatic heterocycles. The fourth-order valence-corrected chi connectivity index (χ4v) is 6.85. The highest BCUT2D eigenvalue weighted by atomic mass is 16.8. The lowest BCUT2D eigenvalue weighted by Gasteiger charge is -2.51. The first kappa shape index (κ1) is 43.9. The number of carboxylic acid groups (broad SMARTS) is 1. The van der Waals surface area contributed by atoms with Crippen molar-refractivity contribution >= 4 is 11.9 Å². The number of ether oxygens (including phenoxy) is 7. The number of carboxylic acids is 1. The van der Waals surface area contributed by atoms with Crippen LogP contribution < -0.4 is 11.1 Å². The van der Waals surface area contributed by atoms with Gasteiger partial charge in [0.25, 0.3) is 5.79 Å². The van der Waals surface area contributed by atoms with Crippen molar-refractivity contribution < 1.29 is 104 Å². The van der Waals surface area contributed by atoms with E-state index < -0.39 is 166 Å². The van der Waals surface area contributed by atoms with E-state index in [2.05, 4.69) is 5.32 Å². The molecule has 23 nitrogen and oxygen atoms in total. The third kappa shape index (κ3) is 9.09. The molecule has 4 saturated heterocycles. The average molecular weight is 777 g/mol. The third-order valence-electron chi connectivity index (χ3n) is 9.90. The lowest BCUT2D eigenvalue weighted by atomic mass is 9.88. The number of rotatable bonds is 13. The van der Waals surface area contributed by atoms with E-state index in [0.29, 0.717) is 0 Å². The van der Waals surface area contributed by atoms with Gasteiger partial charge in [-0.05, 0) is 13.8 Å². The first-order chi connectivity index (χ1) is 24.8. The number of carbonyl (C=O) groups excluding carboxylic acids is 1. The Hall–Kier alpha value is -1.82. The highest BCUT2D eigenvalue weighted by Crippen LogP contribution is 2.38.